The topological polar surface area (TPSA) is 32.3 Å². The number of hydrogen-bond donors (Lipinski definition) is 2. The molecule has 0 aromatic heterocycles. The fourth-order valence-corrected chi connectivity index (χ4v) is 5.59. The standard InChI is InChI=1S/C15H27NO/c1-3-16-14(2,10-17)15-7-11-4-12(8-15)6-13(5-11)9-15/h11-13,16-17H,3-10H2,1-2H3. The van der Waals surface area contributed by atoms with Crippen molar-refractivity contribution < 1.29 is 5.11 Å². The highest BCUT2D eigenvalue weighted by Gasteiger charge is 2.58. The second-order valence-corrected chi connectivity index (χ2v) is 7.22. The summed E-state index contributed by atoms with van der Waals surface area (Å²) in [5.74, 6) is 2.89. The number of nitrogens with one attached hydrogen (secondary N) is 1. The lowest BCUT2D eigenvalue weighted by Crippen LogP contribution is -2.64. The van der Waals surface area contributed by atoms with E-state index in [0.29, 0.717) is 12.0 Å². The molecular formula is C15H27NO. The average molecular weight is 237 g/mol. The van der Waals surface area contributed by atoms with Crippen molar-refractivity contribution in [2.45, 2.75) is 57.9 Å². The maximum atomic E-state index is 9.91. The molecule has 98 valence electrons. The number of rotatable bonds is 4. The van der Waals surface area contributed by atoms with Gasteiger partial charge in [0.2, 0.25) is 0 Å². The van der Waals surface area contributed by atoms with Crippen molar-refractivity contribution in [3.05, 3.63) is 0 Å². The molecule has 0 spiro atoms. The second kappa shape index (κ2) is 3.96. The summed E-state index contributed by atoms with van der Waals surface area (Å²) < 4.78 is 0. The number of aliphatic hydroxyl groups excluding tert-OH is 1. The Kier molecular flexibility index (Phi) is 2.79. The van der Waals surface area contributed by atoms with Crippen molar-refractivity contribution in [2.24, 2.45) is 23.2 Å². The number of likely N-dealkylation sites (N-methyl/N-ethyl adjacent to an activating group) is 1. The lowest BCUT2D eigenvalue weighted by molar-refractivity contribution is -0.115. The van der Waals surface area contributed by atoms with Crippen molar-refractivity contribution in [1.82, 2.24) is 5.32 Å². The monoisotopic (exact) mass is 237 g/mol. The minimum Gasteiger partial charge on any atom is -0.394 e. The number of hydrogen-bond acceptors (Lipinski definition) is 2. The lowest BCUT2D eigenvalue weighted by atomic mass is 9.45. The molecule has 2 heteroatoms. The van der Waals surface area contributed by atoms with Gasteiger partial charge in [-0.15, -0.1) is 0 Å². The fourth-order valence-electron chi connectivity index (χ4n) is 5.59. The predicted molar refractivity (Wildman–Crippen MR) is 69.8 cm³/mol. The average Bonchev–Trinajstić information content (AvgIpc) is 2.27. The molecule has 4 fully saturated rings. The van der Waals surface area contributed by atoms with Crippen LogP contribution in [0.1, 0.15) is 52.4 Å². The van der Waals surface area contributed by atoms with Crippen LogP contribution < -0.4 is 5.32 Å². The zero-order chi connectivity index (χ0) is 12.1. The SMILES string of the molecule is CCNC(C)(CO)C12CC3CC(CC(C3)C1)C2. The van der Waals surface area contributed by atoms with Crippen LogP contribution in [0, 0.1) is 23.2 Å². The molecule has 0 aromatic carbocycles. The molecule has 17 heavy (non-hydrogen) atoms. The molecule has 4 aliphatic rings. The number of aliphatic hydroxyl groups is 1. The maximum Gasteiger partial charge on any atom is 0.0616 e. The van der Waals surface area contributed by atoms with Crippen LogP contribution in [0.2, 0.25) is 0 Å². The zero-order valence-electron chi connectivity index (χ0n) is 11.3. The summed E-state index contributed by atoms with van der Waals surface area (Å²) in [5.41, 5.74) is 0.351. The molecule has 2 nitrogen and oxygen atoms in total. The molecule has 1 unspecified atom stereocenters. The van der Waals surface area contributed by atoms with Gasteiger partial charge in [0.15, 0.2) is 0 Å². The molecule has 2 N–H and O–H groups in total. The van der Waals surface area contributed by atoms with Crippen LogP contribution in [0.25, 0.3) is 0 Å². The van der Waals surface area contributed by atoms with Crippen molar-refractivity contribution >= 4 is 0 Å². The van der Waals surface area contributed by atoms with Crippen LogP contribution >= 0.6 is 0 Å². The van der Waals surface area contributed by atoms with Crippen molar-refractivity contribution in [3.8, 4) is 0 Å². The second-order valence-electron chi connectivity index (χ2n) is 7.22. The van der Waals surface area contributed by atoms with Crippen molar-refractivity contribution in [2.75, 3.05) is 13.2 Å². The molecule has 4 rings (SSSR count). The van der Waals surface area contributed by atoms with E-state index < -0.39 is 0 Å². The molecule has 4 aliphatic carbocycles. The highest BCUT2D eigenvalue weighted by Crippen LogP contribution is 2.63. The van der Waals surface area contributed by atoms with E-state index in [4.69, 9.17) is 0 Å². The van der Waals surface area contributed by atoms with Gasteiger partial charge in [-0.3, -0.25) is 0 Å². The predicted octanol–water partition coefficient (Wildman–Crippen LogP) is 2.56. The smallest absolute Gasteiger partial charge is 0.0616 e. The molecule has 0 aliphatic heterocycles. The van der Waals surface area contributed by atoms with E-state index in [-0.39, 0.29) is 5.54 Å². The first-order valence-corrected chi connectivity index (χ1v) is 7.47. The van der Waals surface area contributed by atoms with E-state index in [1.807, 2.05) is 0 Å². The molecular weight excluding hydrogens is 210 g/mol. The molecule has 0 radical (unpaired) electrons. The third kappa shape index (κ3) is 1.67. The summed E-state index contributed by atoms with van der Waals surface area (Å²) in [7, 11) is 0. The minimum atomic E-state index is -0.0439. The molecule has 0 saturated heterocycles. The summed E-state index contributed by atoms with van der Waals surface area (Å²) in [6.45, 7) is 5.70. The fraction of sp³-hybridized carbons (Fsp3) is 1.00. The first kappa shape index (κ1) is 12.0. The van der Waals surface area contributed by atoms with Gasteiger partial charge in [0.25, 0.3) is 0 Å². The third-order valence-electron chi connectivity index (χ3n) is 6.09. The van der Waals surface area contributed by atoms with Gasteiger partial charge in [0, 0.05) is 5.54 Å². The molecule has 4 bridgehead atoms. The van der Waals surface area contributed by atoms with Gasteiger partial charge in [0.05, 0.1) is 6.61 Å². The van der Waals surface area contributed by atoms with Crippen LogP contribution in [0.15, 0.2) is 0 Å². The Bertz CT molecular complexity index is 266. The van der Waals surface area contributed by atoms with Crippen LogP contribution in [-0.4, -0.2) is 23.8 Å². The van der Waals surface area contributed by atoms with Gasteiger partial charge in [0.1, 0.15) is 0 Å². The quantitative estimate of drug-likeness (QED) is 0.787. The van der Waals surface area contributed by atoms with E-state index in [9.17, 15) is 5.11 Å². The van der Waals surface area contributed by atoms with Crippen molar-refractivity contribution in [1.29, 1.82) is 0 Å². The Morgan fingerprint density at radius 1 is 1.12 bits per heavy atom. The largest absolute Gasteiger partial charge is 0.394 e. The van der Waals surface area contributed by atoms with Gasteiger partial charge in [-0.2, -0.15) is 0 Å². The van der Waals surface area contributed by atoms with Gasteiger partial charge in [-0.25, -0.2) is 0 Å². The highest BCUT2D eigenvalue weighted by atomic mass is 16.3. The van der Waals surface area contributed by atoms with E-state index >= 15 is 0 Å². The normalized spacial score (nSPS) is 47.1. The molecule has 0 aromatic rings. The highest BCUT2D eigenvalue weighted by molar-refractivity contribution is 5.11. The maximum absolute atomic E-state index is 9.91. The lowest BCUT2D eigenvalue weighted by Gasteiger charge is -2.63. The zero-order valence-corrected chi connectivity index (χ0v) is 11.3. The van der Waals surface area contributed by atoms with Gasteiger partial charge < -0.3 is 10.4 Å². The van der Waals surface area contributed by atoms with Crippen molar-refractivity contribution in [3.63, 3.8) is 0 Å². The Hall–Kier alpha value is -0.0800. The molecule has 1 atom stereocenters. The molecule has 0 amide bonds. The summed E-state index contributed by atoms with van der Waals surface area (Å²) in [4.78, 5) is 0. The Labute approximate surface area is 105 Å². The van der Waals surface area contributed by atoms with E-state index in [1.54, 1.807) is 0 Å². The van der Waals surface area contributed by atoms with Gasteiger partial charge in [-0.05, 0) is 75.2 Å². The summed E-state index contributed by atoms with van der Waals surface area (Å²) >= 11 is 0. The van der Waals surface area contributed by atoms with Crippen LogP contribution in [0.3, 0.4) is 0 Å². The Morgan fingerprint density at radius 3 is 1.94 bits per heavy atom. The Balaban J connectivity index is 1.90. The summed E-state index contributed by atoms with van der Waals surface area (Å²) in [5, 5.41) is 13.5. The van der Waals surface area contributed by atoms with Gasteiger partial charge >= 0.3 is 0 Å². The van der Waals surface area contributed by atoms with Crippen LogP contribution in [0.5, 0.6) is 0 Å². The van der Waals surface area contributed by atoms with E-state index in [2.05, 4.69) is 19.2 Å². The summed E-state index contributed by atoms with van der Waals surface area (Å²) in [6.07, 6.45) is 8.53. The minimum absolute atomic E-state index is 0.0439. The molecule has 4 saturated carbocycles. The third-order valence-corrected chi connectivity index (χ3v) is 6.09. The summed E-state index contributed by atoms with van der Waals surface area (Å²) in [6, 6.07) is 0. The van der Waals surface area contributed by atoms with Gasteiger partial charge in [-0.1, -0.05) is 6.92 Å². The first-order chi connectivity index (χ1) is 8.11. The van der Waals surface area contributed by atoms with Crippen LogP contribution in [0.4, 0.5) is 0 Å². The van der Waals surface area contributed by atoms with E-state index in [1.165, 1.54) is 38.5 Å². The molecule has 0 heterocycles. The van der Waals surface area contributed by atoms with Crippen LogP contribution in [-0.2, 0) is 0 Å². The first-order valence-electron chi connectivity index (χ1n) is 7.47. The van der Waals surface area contributed by atoms with E-state index in [0.717, 1.165) is 24.3 Å². The Morgan fingerprint density at radius 2 is 1.59 bits per heavy atom.